The van der Waals surface area contributed by atoms with Crippen LogP contribution >= 0.6 is 11.6 Å². The van der Waals surface area contributed by atoms with Gasteiger partial charge < -0.3 is 24.4 Å². The lowest BCUT2D eigenvalue weighted by atomic mass is 10.1. The average Bonchev–Trinajstić information content (AvgIpc) is 2.82. The van der Waals surface area contributed by atoms with Crippen LogP contribution in [0.25, 0.3) is 0 Å². The zero-order chi connectivity index (χ0) is 22.3. The first-order valence-corrected chi connectivity index (χ1v) is 11.2. The highest BCUT2D eigenvalue weighted by atomic mass is 35.5. The molecule has 0 unspecified atom stereocenters. The second-order valence-electron chi connectivity index (χ2n) is 7.88. The van der Waals surface area contributed by atoms with E-state index < -0.39 is 0 Å². The van der Waals surface area contributed by atoms with Crippen molar-refractivity contribution in [2.45, 2.75) is 20.1 Å². The summed E-state index contributed by atoms with van der Waals surface area (Å²) in [5.41, 5.74) is 5.48. The van der Waals surface area contributed by atoms with Gasteiger partial charge in [-0.2, -0.15) is 0 Å². The standard InChI is InChI=1S/C26H29ClN2O3/c1-19-4-3-5-21(14-19)18-32-25-9-6-20(15-26(25)30-2)17-28-22-7-8-24(23(27)16-22)29-10-12-31-13-11-29/h3-9,14-16,28H,10-13,17-18H2,1-2H3. The summed E-state index contributed by atoms with van der Waals surface area (Å²) in [6.07, 6.45) is 0. The summed E-state index contributed by atoms with van der Waals surface area (Å²) < 4.78 is 17.0. The van der Waals surface area contributed by atoms with Gasteiger partial charge in [0.15, 0.2) is 11.5 Å². The lowest BCUT2D eigenvalue weighted by molar-refractivity contribution is 0.122. The fourth-order valence-corrected chi connectivity index (χ4v) is 4.09. The Labute approximate surface area is 194 Å². The second kappa shape index (κ2) is 10.6. The molecule has 6 heteroatoms. The highest BCUT2D eigenvalue weighted by molar-refractivity contribution is 6.33. The molecule has 1 heterocycles. The minimum Gasteiger partial charge on any atom is -0.493 e. The van der Waals surface area contributed by atoms with E-state index >= 15 is 0 Å². The Kier molecular flexibility index (Phi) is 7.40. The molecule has 32 heavy (non-hydrogen) atoms. The predicted molar refractivity (Wildman–Crippen MR) is 130 cm³/mol. The molecule has 0 atom stereocenters. The minimum absolute atomic E-state index is 0.504. The molecular weight excluding hydrogens is 424 g/mol. The number of ether oxygens (including phenoxy) is 3. The van der Waals surface area contributed by atoms with Gasteiger partial charge in [-0.1, -0.05) is 47.5 Å². The van der Waals surface area contributed by atoms with E-state index in [-0.39, 0.29) is 0 Å². The SMILES string of the molecule is COc1cc(CNc2ccc(N3CCOCC3)c(Cl)c2)ccc1OCc1cccc(C)c1. The van der Waals surface area contributed by atoms with Crippen molar-refractivity contribution in [3.05, 3.63) is 82.4 Å². The molecule has 168 valence electrons. The van der Waals surface area contributed by atoms with E-state index in [0.29, 0.717) is 13.2 Å². The third-order valence-electron chi connectivity index (χ3n) is 5.50. The number of anilines is 2. The first-order valence-electron chi connectivity index (χ1n) is 10.8. The molecule has 0 aliphatic carbocycles. The van der Waals surface area contributed by atoms with Gasteiger partial charge in [-0.15, -0.1) is 0 Å². The van der Waals surface area contributed by atoms with Gasteiger partial charge in [0.05, 0.1) is 31.0 Å². The van der Waals surface area contributed by atoms with Gasteiger partial charge in [-0.3, -0.25) is 0 Å². The monoisotopic (exact) mass is 452 g/mol. The van der Waals surface area contributed by atoms with Gasteiger partial charge in [0.1, 0.15) is 6.61 Å². The third-order valence-corrected chi connectivity index (χ3v) is 5.80. The lowest BCUT2D eigenvalue weighted by Crippen LogP contribution is -2.36. The van der Waals surface area contributed by atoms with Gasteiger partial charge in [0.25, 0.3) is 0 Å². The smallest absolute Gasteiger partial charge is 0.161 e. The van der Waals surface area contributed by atoms with Crippen molar-refractivity contribution in [3.8, 4) is 11.5 Å². The number of methoxy groups -OCH3 is 1. The highest BCUT2D eigenvalue weighted by Gasteiger charge is 2.14. The molecule has 1 fully saturated rings. The molecule has 1 aliphatic heterocycles. The normalized spacial score (nSPS) is 13.7. The van der Waals surface area contributed by atoms with Crippen molar-refractivity contribution >= 4 is 23.0 Å². The highest BCUT2D eigenvalue weighted by Crippen LogP contribution is 2.31. The number of halogens is 1. The maximum absolute atomic E-state index is 6.55. The van der Waals surface area contributed by atoms with Crippen LogP contribution in [0.4, 0.5) is 11.4 Å². The van der Waals surface area contributed by atoms with E-state index in [1.165, 1.54) is 5.56 Å². The van der Waals surface area contributed by atoms with Gasteiger partial charge in [0.2, 0.25) is 0 Å². The Hall–Kier alpha value is -2.89. The van der Waals surface area contributed by atoms with Gasteiger partial charge in [-0.25, -0.2) is 0 Å². The number of hydrogen-bond donors (Lipinski definition) is 1. The lowest BCUT2D eigenvalue weighted by Gasteiger charge is -2.29. The fraction of sp³-hybridized carbons (Fsp3) is 0.308. The van der Waals surface area contributed by atoms with Crippen LogP contribution in [0.3, 0.4) is 0 Å². The summed E-state index contributed by atoms with van der Waals surface area (Å²) in [6.45, 7) is 6.45. The molecule has 0 saturated carbocycles. The van der Waals surface area contributed by atoms with Crippen LogP contribution in [0.2, 0.25) is 5.02 Å². The van der Waals surface area contributed by atoms with E-state index in [4.69, 9.17) is 25.8 Å². The molecule has 3 aromatic carbocycles. The summed E-state index contributed by atoms with van der Waals surface area (Å²) in [5, 5.41) is 4.19. The largest absolute Gasteiger partial charge is 0.493 e. The van der Waals surface area contributed by atoms with E-state index in [1.807, 2.05) is 30.3 Å². The number of nitrogens with zero attached hydrogens (tertiary/aromatic N) is 1. The van der Waals surface area contributed by atoms with Crippen LogP contribution in [0.1, 0.15) is 16.7 Å². The van der Waals surface area contributed by atoms with Crippen molar-refractivity contribution in [1.82, 2.24) is 0 Å². The molecular formula is C26H29ClN2O3. The molecule has 0 aromatic heterocycles. The molecule has 1 saturated heterocycles. The Bertz CT molecular complexity index is 1050. The Morgan fingerprint density at radius 2 is 1.81 bits per heavy atom. The van der Waals surface area contributed by atoms with Crippen LogP contribution in [-0.2, 0) is 17.9 Å². The average molecular weight is 453 g/mol. The number of morpholine rings is 1. The molecule has 3 aromatic rings. The van der Waals surface area contributed by atoms with Crippen molar-refractivity contribution < 1.29 is 14.2 Å². The van der Waals surface area contributed by atoms with Crippen LogP contribution < -0.4 is 19.7 Å². The molecule has 1 aliphatic rings. The first-order chi connectivity index (χ1) is 15.6. The Morgan fingerprint density at radius 1 is 0.969 bits per heavy atom. The number of rotatable bonds is 8. The quantitative estimate of drug-likeness (QED) is 0.476. The maximum atomic E-state index is 6.55. The van der Waals surface area contributed by atoms with Crippen molar-refractivity contribution in [1.29, 1.82) is 0 Å². The van der Waals surface area contributed by atoms with E-state index in [1.54, 1.807) is 7.11 Å². The van der Waals surface area contributed by atoms with Crippen molar-refractivity contribution in [3.63, 3.8) is 0 Å². The van der Waals surface area contributed by atoms with Crippen LogP contribution in [-0.4, -0.2) is 33.4 Å². The fourth-order valence-electron chi connectivity index (χ4n) is 3.79. The van der Waals surface area contributed by atoms with E-state index in [9.17, 15) is 0 Å². The summed E-state index contributed by atoms with van der Waals surface area (Å²) >= 11 is 6.55. The molecule has 0 amide bonds. The summed E-state index contributed by atoms with van der Waals surface area (Å²) in [4.78, 5) is 2.26. The summed E-state index contributed by atoms with van der Waals surface area (Å²) in [6, 6.07) is 20.4. The predicted octanol–water partition coefficient (Wildman–Crippen LogP) is 5.68. The van der Waals surface area contributed by atoms with E-state index in [0.717, 1.165) is 65.3 Å². The molecule has 0 bridgehead atoms. The maximum Gasteiger partial charge on any atom is 0.161 e. The Morgan fingerprint density at radius 3 is 2.56 bits per heavy atom. The third kappa shape index (κ3) is 5.67. The molecule has 5 nitrogen and oxygen atoms in total. The zero-order valence-corrected chi connectivity index (χ0v) is 19.3. The van der Waals surface area contributed by atoms with Crippen LogP contribution in [0.15, 0.2) is 60.7 Å². The van der Waals surface area contributed by atoms with Crippen LogP contribution in [0, 0.1) is 6.92 Å². The zero-order valence-electron chi connectivity index (χ0n) is 18.6. The summed E-state index contributed by atoms with van der Waals surface area (Å²) in [5.74, 6) is 1.45. The molecule has 1 N–H and O–H groups in total. The second-order valence-corrected chi connectivity index (χ2v) is 8.29. The number of aryl methyl sites for hydroxylation is 1. The minimum atomic E-state index is 0.504. The van der Waals surface area contributed by atoms with Crippen molar-refractivity contribution in [2.75, 3.05) is 43.6 Å². The van der Waals surface area contributed by atoms with Gasteiger partial charge in [-0.05, 0) is 48.4 Å². The Balaban J connectivity index is 1.37. The van der Waals surface area contributed by atoms with E-state index in [2.05, 4.69) is 47.5 Å². The van der Waals surface area contributed by atoms with Crippen LogP contribution in [0.5, 0.6) is 11.5 Å². The summed E-state index contributed by atoms with van der Waals surface area (Å²) in [7, 11) is 1.66. The molecule has 4 rings (SSSR count). The topological polar surface area (TPSA) is 43.0 Å². The molecule has 0 spiro atoms. The van der Waals surface area contributed by atoms with Gasteiger partial charge >= 0.3 is 0 Å². The number of benzene rings is 3. The number of hydrogen-bond acceptors (Lipinski definition) is 5. The van der Waals surface area contributed by atoms with Gasteiger partial charge in [0, 0.05) is 25.3 Å². The first kappa shape index (κ1) is 22.3. The number of nitrogens with one attached hydrogen (secondary N) is 1. The van der Waals surface area contributed by atoms with Crippen molar-refractivity contribution in [2.24, 2.45) is 0 Å². The molecule has 0 radical (unpaired) electrons.